The van der Waals surface area contributed by atoms with Gasteiger partial charge in [-0.05, 0) is 42.5 Å². The van der Waals surface area contributed by atoms with Crippen LogP contribution in [0.2, 0.25) is 0 Å². The minimum Gasteiger partial charge on any atom is -0.506 e. The number of pyridine rings is 1. The molecule has 0 spiro atoms. The Bertz CT molecular complexity index is 546. The van der Waals surface area contributed by atoms with Gasteiger partial charge in [-0.1, -0.05) is 38.1 Å². The molecule has 3 heteroatoms. The molecule has 112 valence electrons. The Kier molecular flexibility index (Phi) is 5.34. The van der Waals surface area contributed by atoms with Crippen molar-refractivity contribution in [2.24, 2.45) is 5.92 Å². The van der Waals surface area contributed by atoms with E-state index in [1.54, 1.807) is 6.07 Å². The number of benzene rings is 1. The first kappa shape index (κ1) is 15.5. The molecule has 0 saturated heterocycles. The highest BCUT2D eigenvalue weighted by atomic mass is 16.3. The summed E-state index contributed by atoms with van der Waals surface area (Å²) in [7, 11) is 0. The number of hydrogen-bond donors (Lipinski definition) is 2. The number of hydrogen-bond acceptors (Lipinski definition) is 3. The fourth-order valence-corrected chi connectivity index (χ4v) is 2.31. The third-order valence-corrected chi connectivity index (χ3v) is 3.52. The molecule has 1 heterocycles. The van der Waals surface area contributed by atoms with Gasteiger partial charge < -0.3 is 10.4 Å². The predicted octanol–water partition coefficient (Wildman–Crippen LogP) is 3.84. The summed E-state index contributed by atoms with van der Waals surface area (Å²) in [5.74, 6) is 0.888. The van der Waals surface area contributed by atoms with E-state index >= 15 is 0 Å². The zero-order valence-corrected chi connectivity index (χ0v) is 13.0. The van der Waals surface area contributed by atoms with Crippen LogP contribution in [0, 0.1) is 5.92 Å². The summed E-state index contributed by atoms with van der Waals surface area (Å²) in [5, 5.41) is 12.7. The normalized spacial score (nSPS) is 12.6. The lowest BCUT2D eigenvalue weighted by molar-refractivity contribution is 0.471. The van der Waals surface area contributed by atoms with Crippen LogP contribution >= 0.6 is 0 Å². The first-order valence-corrected chi connectivity index (χ1v) is 7.50. The first-order valence-electron chi connectivity index (χ1n) is 7.50. The Hall–Kier alpha value is -1.87. The molecule has 0 saturated carbocycles. The van der Waals surface area contributed by atoms with Gasteiger partial charge in [0.2, 0.25) is 0 Å². The Morgan fingerprint density at radius 3 is 2.33 bits per heavy atom. The van der Waals surface area contributed by atoms with Gasteiger partial charge in [-0.3, -0.25) is 4.98 Å². The summed E-state index contributed by atoms with van der Waals surface area (Å²) < 4.78 is 0. The van der Waals surface area contributed by atoms with Crippen molar-refractivity contribution in [2.75, 3.05) is 0 Å². The lowest BCUT2D eigenvalue weighted by Crippen LogP contribution is -2.18. The quantitative estimate of drug-likeness (QED) is 0.847. The molecule has 0 amide bonds. The molecular weight excluding hydrogens is 260 g/mol. The molecule has 3 nitrogen and oxygen atoms in total. The number of aromatic hydroxyl groups is 1. The highest BCUT2D eigenvalue weighted by Crippen LogP contribution is 2.16. The average Bonchev–Trinajstić information content (AvgIpc) is 2.46. The Morgan fingerprint density at radius 2 is 1.76 bits per heavy atom. The highest BCUT2D eigenvalue weighted by Gasteiger charge is 2.06. The fraction of sp³-hybridized carbons (Fsp3) is 0.389. The van der Waals surface area contributed by atoms with Crippen molar-refractivity contribution in [3.05, 3.63) is 59.4 Å². The molecule has 0 aliphatic rings. The first-order chi connectivity index (χ1) is 10.0. The Balaban J connectivity index is 1.90. The van der Waals surface area contributed by atoms with Crippen LogP contribution < -0.4 is 5.32 Å². The van der Waals surface area contributed by atoms with E-state index in [2.05, 4.69) is 55.3 Å². The maximum absolute atomic E-state index is 9.22. The number of nitrogens with one attached hydrogen (secondary N) is 1. The number of aromatic nitrogens is 1. The second-order valence-electron chi connectivity index (χ2n) is 5.95. The van der Waals surface area contributed by atoms with Crippen molar-refractivity contribution in [1.82, 2.24) is 10.3 Å². The van der Waals surface area contributed by atoms with Crippen LogP contribution in [0.3, 0.4) is 0 Å². The van der Waals surface area contributed by atoms with Crippen LogP contribution in [0.5, 0.6) is 5.75 Å². The summed E-state index contributed by atoms with van der Waals surface area (Å²) in [6.07, 6.45) is 2.60. The largest absolute Gasteiger partial charge is 0.506 e. The van der Waals surface area contributed by atoms with E-state index in [0.717, 1.165) is 12.1 Å². The van der Waals surface area contributed by atoms with Crippen molar-refractivity contribution in [3.8, 4) is 5.75 Å². The van der Waals surface area contributed by atoms with Gasteiger partial charge in [0.1, 0.15) is 5.75 Å². The van der Waals surface area contributed by atoms with Crippen LogP contribution in [0.15, 0.2) is 42.6 Å². The van der Waals surface area contributed by atoms with Crippen molar-refractivity contribution >= 4 is 0 Å². The SMILES string of the molecule is CC(C)Cc1ccc(C(C)NCc2ccc(O)cn2)cc1. The van der Waals surface area contributed by atoms with Gasteiger partial charge in [-0.25, -0.2) is 0 Å². The third-order valence-electron chi connectivity index (χ3n) is 3.52. The van der Waals surface area contributed by atoms with E-state index in [9.17, 15) is 5.11 Å². The summed E-state index contributed by atoms with van der Waals surface area (Å²) in [5.41, 5.74) is 3.60. The molecule has 2 N–H and O–H groups in total. The van der Waals surface area contributed by atoms with Gasteiger partial charge in [0.15, 0.2) is 0 Å². The molecule has 0 radical (unpaired) electrons. The summed E-state index contributed by atoms with van der Waals surface area (Å²) in [6.45, 7) is 7.32. The van der Waals surface area contributed by atoms with Crippen LogP contribution in [-0.4, -0.2) is 10.1 Å². The summed E-state index contributed by atoms with van der Waals surface area (Å²) >= 11 is 0. The molecule has 0 aliphatic carbocycles. The lowest BCUT2D eigenvalue weighted by atomic mass is 10.00. The van der Waals surface area contributed by atoms with Gasteiger partial charge in [-0.2, -0.15) is 0 Å². The molecular formula is C18H24N2O. The molecule has 2 rings (SSSR count). The van der Waals surface area contributed by atoms with Gasteiger partial charge in [0.25, 0.3) is 0 Å². The summed E-state index contributed by atoms with van der Waals surface area (Å²) in [6, 6.07) is 12.6. The standard InChI is InChI=1S/C18H24N2O/c1-13(2)10-15-4-6-16(7-5-15)14(3)19-11-17-8-9-18(21)12-20-17/h4-9,12-14,19,21H,10-11H2,1-3H3. The lowest BCUT2D eigenvalue weighted by Gasteiger charge is -2.15. The molecule has 1 aromatic carbocycles. The summed E-state index contributed by atoms with van der Waals surface area (Å²) in [4.78, 5) is 4.18. The van der Waals surface area contributed by atoms with Gasteiger partial charge in [0, 0.05) is 12.6 Å². The number of rotatable bonds is 6. The number of nitrogens with zero attached hydrogens (tertiary/aromatic N) is 1. The predicted molar refractivity (Wildman–Crippen MR) is 86.1 cm³/mol. The monoisotopic (exact) mass is 284 g/mol. The van der Waals surface area contributed by atoms with Crippen molar-refractivity contribution < 1.29 is 5.11 Å². The van der Waals surface area contributed by atoms with Crippen molar-refractivity contribution in [3.63, 3.8) is 0 Å². The molecule has 1 unspecified atom stereocenters. The molecule has 2 aromatic rings. The highest BCUT2D eigenvalue weighted by molar-refractivity contribution is 5.25. The Morgan fingerprint density at radius 1 is 1.05 bits per heavy atom. The fourth-order valence-electron chi connectivity index (χ4n) is 2.31. The van der Waals surface area contributed by atoms with Crippen LogP contribution in [0.1, 0.15) is 43.6 Å². The molecule has 0 aliphatic heterocycles. The average molecular weight is 284 g/mol. The van der Waals surface area contributed by atoms with E-state index < -0.39 is 0 Å². The smallest absolute Gasteiger partial charge is 0.133 e. The maximum Gasteiger partial charge on any atom is 0.133 e. The second kappa shape index (κ2) is 7.23. The minimum atomic E-state index is 0.201. The van der Waals surface area contributed by atoms with Gasteiger partial charge >= 0.3 is 0 Å². The zero-order valence-electron chi connectivity index (χ0n) is 13.0. The topological polar surface area (TPSA) is 45.1 Å². The van der Waals surface area contributed by atoms with Crippen LogP contribution in [0.25, 0.3) is 0 Å². The molecule has 21 heavy (non-hydrogen) atoms. The van der Waals surface area contributed by atoms with E-state index in [1.165, 1.54) is 17.3 Å². The van der Waals surface area contributed by atoms with E-state index in [1.807, 2.05) is 6.07 Å². The molecule has 1 aromatic heterocycles. The van der Waals surface area contributed by atoms with Gasteiger partial charge in [0.05, 0.1) is 11.9 Å². The van der Waals surface area contributed by atoms with E-state index in [-0.39, 0.29) is 11.8 Å². The van der Waals surface area contributed by atoms with Crippen molar-refractivity contribution in [2.45, 2.75) is 39.8 Å². The van der Waals surface area contributed by atoms with Crippen LogP contribution in [0.4, 0.5) is 0 Å². The van der Waals surface area contributed by atoms with Gasteiger partial charge in [-0.15, -0.1) is 0 Å². The Labute approximate surface area is 127 Å². The zero-order chi connectivity index (χ0) is 15.2. The van der Waals surface area contributed by atoms with Crippen LogP contribution in [-0.2, 0) is 13.0 Å². The van der Waals surface area contributed by atoms with E-state index in [4.69, 9.17) is 0 Å². The minimum absolute atomic E-state index is 0.201. The van der Waals surface area contributed by atoms with Crippen molar-refractivity contribution in [1.29, 1.82) is 0 Å². The molecule has 1 atom stereocenters. The second-order valence-corrected chi connectivity index (χ2v) is 5.95. The van der Waals surface area contributed by atoms with E-state index in [0.29, 0.717) is 12.5 Å². The third kappa shape index (κ3) is 4.87. The molecule has 0 fully saturated rings. The molecule has 0 bridgehead atoms. The maximum atomic E-state index is 9.22.